The maximum absolute atomic E-state index is 5.78. The Bertz CT molecular complexity index is 312. The molecule has 0 bridgehead atoms. The first-order valence-electron chi connectivity index (χ1n) is 5.53. The lowest BCUT2D eigenvalue weighted by Crippen LogP contribution is -2.31. The second kappa shape index (κ2) is 4.29. The third kappa shape index (κ3) is 2.55. The van der Waals surface area contributed by atoms with Crippen molar-refractivity contribution in [3.63, 3.8) is 0 Å². The molecule has 1 aliphatic rings. The van der Waals surface area contributed by atoms with E-state index in [9.17, 15) is 0 Å². The third-order valence-corrected chi connectivity index (χ3v) is 3.26. The number of nitrogens with zero attached hydrogens (tertiary/aromatic N) is 2. The van der Waals surface area contributed by atoms with Crippen molar-refractivity contribution in [1.29, 1.82) is 0 Å². The van der Waals surface area contributed by atoms with Gasteiger partial charge in [0.25, 0.3) is 0 Å². The Balaban J connectivity index is 1.93. The topological polar surface area (TPSA) is 42.1 Å². The highest BCUT2D eigenvalue weighted by Gasteiger charge is 2.32. The van der Waals surface area contributed by atoms with E-state index in [1.165, 1.54) is 12.0 Å². The van der Waals surface area contributed by atoms with Gasteiger partial charge in [-0.2, -0.15) is 0 Å². The van der Waals surface area contributed by atoms with Crippen molar-refractivity contribution >= 4 is 0 Å². The molecule has 0 spiro atoms. The average molecular weight is 205 g/mol. The fraction of sp³-hybridized carbons (Fsp3) is 0.583. The van der Waals surface area contributed by atoms with E-state index in [-0.39, 0.29) is 0 Å². The summed E-state index contributed by atoms with van der Waals surface area (Å²) in [5.74, 6) is 0. The van der Waals surface area contributed by atoms with Crippen molar-refractivity contribution in [1.82, 2.24) is 9.88 Å². The first-order valence-corrected chi connectivity index (χ1v) is 5.53. The molecule has 1 unspecified atom stereocenters. The average Bonchev–Trinajstić information content (AvgIpc) is 2.63. The Labute approximate surface area is 91.3 Å². The molecule has 1 aliphatic heterocycles. The van der Waals surface area contributed by atoms with Gasteiger partial charge >= 0.3 is 0 Å². The van der Waals surface area contributed by atoms with E-state index in [1.54, 1.807) is 0 Å². The zero-order chi connectivity index (χ0) is 10.7. The second-order valence-corrected chi connectivity index (χ2v) is 4.84. The van der Waals surface area contributed by atoms with E-state index in [0.29, 0.717) is 5.41 Å². The predicted molar refractivity (Wildman–Crippen MR) is 61.3 cm³/mol. The molecule has 1 fully saturated rings. The van der Waals surface area contributed by atoms with Gasteiger partial charge < -0.3 is 5.73 Å². The summed E-state index contributed by atoms with van der Waals surface area (Å²) in [7, 11) is 0. The van der Waals surface area contributed by atoms with Crippen LogP contribution in [0.2, 0.25) is 0 Å². The first-order chi connectivity index (χ1) is 7.22. The molecule has 0 aromatic carbocycles. The van der Waals surface area contributed by atoms with Crippen LogP contribution in [0.5, 0.6) is 0 Å². The molecule has 3 heteroatoms. The van der Waals surface area contributed by atoms with E-state index in [2.05, 4.69) is 22.9 Å². The molecule has 0 aliphatic carbocycles. The molecule has 1 aromatic rings. The van der Waals surface area contributed by atoms with Crippen LogP contribution in [0.25, 0.3) is 0 Å². The highest BCUT2D eigenvalue weighted by atomic mass is 15.2. The van der Waals surface area contributed by atoms with E-state index < -0.39 is 0 Å². The third-order valence-electron chi connectivity index (χ3n) is 3.26. The molecular formula is C12H19N3. The highest BCUT2D eigenvalue weighted by molar-refractivity contribution is 5.08. The van der Waals surface area contributed by atoms with Gasteiger partial charge in [0.15, 0.2) is 0 Å². The Morgan fingerprint density at radius 3 is 3.07 bits per heavy atom. The molecule has 0 amide bonds. The fourth-order valence-electron chi connectivity index (χ4n) is 2.18. The number of pyridine rings is 1. The number of aromatic nitrogens is 1. The molecule has 2 rings (SSSR count). The SMILES string of the molecule is CC1(CN)CCN(Cc2cccnc2)C1. The summed E-state index contributed by atoms with van der Waals surface area (Å²) in [6, 6.07) is 4.12. The van der Waals surface area contributed by atoms with Crippen LogP contribution in [0.3, 0.4) is 0 Å². The number of hydrogen-bond acceptors (Lipinski definition) is 3. The molecular weight excluding hydrogens is 186 g/mol. The lowest BCUT2D eigenvalue weighted by molar-refractivity contribution is 0.274. The molecule has 0 saturated carbocycles. The first kappa shape index (κ1) is 10.6. The minimum atomic E-state index is 0.322. The molecule has 15 heavy (non-hydrogen) atoms. The Morgan fingerprint density at radius 2 is 2.47 bits per heavy atom. The number of nitrogens with two attached hydrogens (primary N) is 1. The van der Waals surface area contributed by atoms with Gasteiger partial charge in [0.1, 0.15) is 0 Å². The van der Waals surface area contributed by atoms with Gasteiger partial charge in [0, 0.05) is 25.5 Å². The summed E-state index contributed by atoms with van der Waals surface area (Å²) >= 11 is 0. The van der Waals surface area contributed by atoms with Crippen LogP contribution in [0, 0.1) is 5.41 Å². The summed E-state index contributed by atoms with van der Waals surface area (Å²) in [5, 5.41) is 0. The van der Waals surface area contributed by atoms with Crippen molar-refractivity contribution in [3.8, 4) is 0 Å². The lowest BCUT2D eigenvalue weighted by atomic mass is 9.90. The summed E-state index contributed by atoms with van der Waals surface area (Å²) in [4.78, 5) is 6.59. The Kier molecular flexibility index (Phi) is 3.03. The predicted octanol–water partition coefficient (Wildman–Crippen LogP) is 1.25. The summed E-state index contributed by atoms with van der Waals surface area (Å²) < 4.78 is 0. The summed E-state index contributed by atoms with van der Waals surface area (Å²) in [6.07, 6.45) is 4.97. The van der Waals surface area contributed by atoms with Gasteiger partial charge in [-0.05, 0) is 36.6 Å². The van der Waals surface area contributed by atoms with Gasteiger partial charge in [0.05, 0.1) is 0 Å². The zero-order valence-corrected chi connectivity index (χ0v) is 9.32. The van der Waals surface area contributed by atoms with Crippen LogP contribution in [-0.4, -0.2) is 29.5 Å². The van der Waals surface area contributed by atoms with Crippen molar-refractivity contribution in [2.45, 2.75) is 19.9 Å². The number of rotatable bonds is 3. The van der Waals surface area contributed by atoms with Crippen LogP contribution in [-0.2, 0) is 6.54 Å². The largest absolute Gasteiger partial charge is 0.330 e. The van der Waals surface area contributed by atoms with Gasteiger partial charge in [-0.1, -0.05) is 13.0 Å². The quantitative estimate of drug-likeness (QED) is 0.807. The van der Waals surface area contributed by atoms with Crippen LogP contribution >= 0.6 is 0 Å². The summed E-state index contributed by atoms with van der Waals surface area (Å²) in [6.45, 7) is 6.33. The molecule has 2 heterocycles. The Morgan fingerprint density at radius 1 is 1.60 bits per heavy atom. The second-order valence-electron chi connectivity index (χ2n) is 4.84. The molecule has 3 nitrogen and oxygen atoms in total. The molecule has 1 atom stereocenters. The highest BCUT2D eigenvalue weighted by Crippen LogP contribution is 2.29. The standard InChI is InChI=1S/C12H19N3/c1-12(9-13)4-6-15(10-12)8-11-3-2-5-14-7-11/h2-3,5,7H,4,6,8-10,13H2,1H3. The smallest absolute Gasteiger partial charge is 0.0312 e. The van der Waals surface area contributed by atoms with E-state index in [4.69, 9.17) is 5.73 Å². The number of hydrogen-bond donors (Lipinski definition) is 1. The molecule has 82 valence electrons. The van der Waals surface area contributed by atoms with Crippen LogP contribution in [0.1, 0.15) is 18.9 Å². The lowest BCUT2D eigenvalue weighted by Gasteiger charge is -2.22. The normalized spacial score (nSPS) is 27.1. The fourth-order valence-corrected chi connectivity index (χ4v) is 2.18. The minimum absolute atomic E-state index is 0.322. The molecule has 1 saturated heterocycles. The van der Waals surface area contributed by atoms with E-state index in [1.807, 2.05) is 18.5 Å². The zero-order valence-electron chi connectivity index (χ0n) is 9.32. The van der Waals surface area contributed by atoms with E-state index in [0.717, 1.165) is 26.2 Å². The van der Waals surface area contributed by atoms with Crippen LogP contribution in [0.15, 0.2) is 24.5 Å². The van der Waals surface area contributed by atoms with Gasteiger partial charge in [-0.3, -0.25) is 9.88 Å². The van der Waals surface area contributed by atoms with Gasteiger partial charge in [-0.15, -0.1) is 0 Å². The molecule has 0 radical (unpaired) electrons. The van der Waals surface area contributed by atoms with Gasteiger partial charge in [0.2, 0.25) is 0 Å². The monoisotopic (exact) mass is 205 g/mol. The molecule has 2 N–H and O–H groups in total. The van der Waals surface area contributed by atoms with Crippen molar-refractivity contribution in [2.75, 3.05) is 19.6 Å². The van der Waals surface area contributed by atoms with Crippen molar-refractivity contribution < 1.29 is 0 Å². The van der Waals surface area contributed by atoms with Gasteiger partial charge in [-0.25, -0.2) is 0 Å². The van der Waals surface area contributed by atoms with Crippen molar-refractivity contribution in [2.24, 2.45) is 11.1 Å². The van der Waals surface area contributed by atoms with Crippen molar-refractivity contribution in [3.05, 3.63) is 30.1 Å². The minimum Gasteiger partial charge on any atom is -0.330 e. The van der Waals surface area contributed by atoms with Crippen LogP contribution in [0.4, 0.5) is 0 Å². The summed E-state index contributed by atoms with van der Waals surface area (Å²) in [5.41, 5.74) is 7.40. The van der Waals surface area contributed by atoms with E-state index >= 15 is 0 Å². The molecule has 1 aromatic heterocycles. The maximum atomic E-state index is 5.78. The Hall–Kier alpha value is -0.930. The van der Waals surface area contributed by atoms with Crippen LogP contribution < -0.4 is 5.73 Å². The number of likely N-dealkylation sites (tertiary alicyclic amines) is 1. The maximum Gasteiger partial charge on any atom is 0.0312 e.